The number of carbonyl (C=O) groups is 2. The van der Waals surface area contributed by atoms with Crippen LogP contribution >= 0.6 is 11.3 Å². The molecule has 0 aliphatic heterocycles. The van der Waals surface area contributed by atoms with Gasteiger partial charge in [0.2, 0.25) is 0 Å². The molecule has 0 aliphatic rings. The molecule has 0 N–H and O–H groups in total. The Hall–Kier alpha value is -2.00. The van der Waals surface area contributed by atoms with Crippen LogP contribution in [0.3, 0.4) is 0 Å². The normalized spacial score (nSPS) is 13.8. The summed E-state index contributed by atoms with van der Waals surface area (Å²) in [6.45, 7) is 8.06. The second kappa shape index (κ2) is 8.20. The van der Waals surface area contributed by atoms with E-state index in [4.69, 9.17) is 0 Å². The van der Waals surface area contributed by atoms with E-state index in [0.29, 0.717) is 6.42 Å². The average Bonchev–Trinajstić information content (AvgIpc) is 3.03. The quantitative estimate of drug-likeness (QED) is 0.383. The van der Waals surface area contributed by atoms with Crippen molar-refractivity contribution in [3.05, 3.63) is 68.9 Å². The summed E-state index contributed by atoms with van der Waals surface area (Å²) < 4.78 is 0. The smallest absolute Gasteiger partial charge is 0.186 e. The van der Waals surface area contributed by atoms with Gasteiger partial charge >= 0.3 is 0 Å². The number of aldehydes is 1. The molecule has 0 spiro atoms. The SMILES string of the molecule is Cc1cc(C)c(C(=O)/C=C/C(C)C(CC=O)c2cccs2)c(C)c1. The predicted octanol–water partition coefficient (Wildman–Crippen LogP) is 5.42. The molecule has 0 saturated heterocycles. The Morgan fingerprint density at radius 3 is 2.42 bits per heavy atom. The van der Waals surface area contributed by atoms with Crippen molar-refractivity contribution in [3.63, 3.8) is 0 Å². The highest BCUT2D eigenvalue weighted by Crippen LogP contribution is 2.31. The number of aryl methyl sites for hydroxylation is 3. The summed E-state index contributed by atoms with van der Waals surface area (Å²) in [6.07, 6.45) is 5.04. The Bertz CT molecular complexity index is 718. The van der Waals surface area contributed by atoms with Gasteiger partial charge in [0.1, 0.15) is 6.29 Å². The lowest BCUT2D eigenvalue weighted by atomic mass is 9.88. The van der Waals surface area contributed by atoms with Crippen molar-refractivity contribution >= 4 is 23.4 Å². The average molecular weight is 340 g/mol. The van der Waals surface area contributed by atoms with Crippen molar-refractivity contribution < 1.29 is 9.59 Å². The zero-order valence-electron chi connectivity index (χ0n) is 14.7. The van der Waals surface area contributed by atoms with Crippen LogP contribution in [-0.4, -0.2) is 12.1 Å². The standard InChI is InChI=1S/C21H24O2S/c1-14-12-16(3)21(17(4)13-14)19(23)8-7-15(2)18(9-10-22)20-6-5-11-24-20/h5-8,10-13,15,18H,9H2,1-4H3/b8-7+. The van der Waals surface area contributed by atoms with E-state index in [-0.39, 0.29) is 17.6 Å². The minimum absolute atomic E-state index is 0.0351. The fourth-order valence-electron chi connectivity index (χ4n) is 3.22. The van der Waals surface area contributed by atoms with Gasteiger partial charge in [0.05, 0.1) is 0 Å². The summed E-state index contributed by atoms with van der Waals surface area (Å²) in [6, 6.07) is 8.13. The molecule has 0 saturated carbocycles. The highest BCUT2D eigenvalue weighted by atomic mass is 32.1. The third-order valence-corrected chi connectivity index (χ3v) is 5.37. The summed E-state index contributed by atoms with van der Waals surface area (Å²) in [5.74, 6) is 0.295. The summed E-state index contributed by atoms with van der Waals surface area (Å²) in [5, 5.41) is 2.02. The molecule has 2 atom stereocenters. The van der Waals surface area contributed by atoms with Gasteiger partial charge in [0.15, 0.2) is 5.78 Å². The molecule has 0 fully saturated rings. The number of benzene rings is 1. The number of hydrogen-bond acceptors (Lipinski definition) is 3. The van der Waals surface area contributed by atoms with Crippen molar-refractivity contribution in [1.82, 2.24) is 0 Å². The van der Waals surface area contributed by atoms with Gasteiger partial charge in [-0.3, -0.25) is 4.79 Å². The molecule has 24 heavy (non-hydrogen) atoms. The van der Waals surface area contributed by atoms with E-state index < -0.39 is 0 Å². The van der Waals surface area contributed by atoms with Gasteiger partial charge < -0.3 is 4.79 Å². The van der Waals surface area contributed by atoms with Crippen LogP contribution in [0.5, 0.6) is 0 Å². The summed E-state index contributed by atoms with van der Waals surface area (Å²) in [4.78, 5) is 24.8. The molecule has 1 aromatic heterocycles. The lowest BCUT2D eigenvalue weighted by molar-refractivity contribution is -0.108. The lowest BCUT2D eigenvalue weighted by Gasteiger charge is -2.17. The molecule has 0 bridgehead atoms. The van der Waals surface area contributed by atoms with E-state index >= 15 is 0 Å². The number of carbonyl (C=O) groups excluding carboxylic acids is 2. The van der Waals surface area contributed by atoms with Crippen LogP contribution in [0.1, 0.15) is 51.2 Å². The predicted molar refractivity (Wildman–Crippen MR) is 101 cm³/mol. The summed E-state index contributed by atoms with van der Waals surface area (Å²) >= 11 is 1.66. The minimum Gasteiger partial charge on any atom is -0.303 e. The van der Waals surface area contributed by atoms with E-state index in [2.05, 4.69) is 13.0 Å². The third kappa shape index (κ3) is 4.30. The second-order valence-electron chi connectivity index (χ2n) is 6.38. The molecular formula is C21H24O2S. The van der Waals surface area contributed by atoms with Crippen molar-refractivity contribution in [3.8, 4) is 0 Å². The van der Waals surface area contributed by atoms with Crippen LogP contribution in [0.4, 0.5) is 0 Å². The topological polar surface area (TPSA) is 34.1 Å². The van der Waals surface area contributed by atoms with E-state index in [1.165, 1.54) is 10.4 Å². The Morgan fingerprint density at radius 1 is 1.21 bits per heavy atom. The Balaban J connectivity index is 2.20. The first-order chi connectivity index (χ1) is 11.4. The van der Waals surface area contributed by atoms with Gasteiger partial charge in [0.25, 0.3) is 0 Å². The van der Waals surface area contributed by atoms with Crippen LogP contribution in [0.25, 0.3) is 0 Å². The van der Waals surface area contributed by atoms with Crippen LogP contribution < -0.4 is 0 Å². The zero-order valence-corrected chi connectivity index (χ0v) is 15.5. The van der Waals surface area contributed by atoms with E-state index in [0.717, 1.165) is 23.0 Å². The zero-order chi connectivity index (χ0) is 17.7. The number of ketones is 1. The van der Waals surface area contributed by atoms with E-state index in [1.807, 2.05) is 50.4 Å². The maximum absolute atomic E-state index is 12.6. The minimum atomic E-state index is 0.0351. The van der Waals surface area contributed by atoms with Crippen LogP contribution in [0.15, 0.2) is 41.8 Å². The van der Waals surface area contributed by atoms with Crippen LogP contribution in [0, 0.1) is 26.7 Å². The molecule has 1 heterocycles. The van der Waals surface area contributed by atoms with Crippen molar-refractivity contribution in [2.45, 2.75) is 40.0 Å². The van der Waals surface area contributed by atoms with Crippen molar-refractivity contribution in [2.24, 2.45) is 5.92 Å². The third-order valence-electron chi connectivity index (χ3n) is 4.37. The molecule has 3 heteroatoms. The first-order valence-electron chi connectivity index (χ1n) is 8.21. The fourth-order valence-corrected chi connectivity index (χ4v) is 4.18. The molecule has 2 unspecified atom stereocenters. The van der Waals surface area contributed by atoms with Crippen molar-refractivity contribution in [2.75, 3.05) is 0 Å². The van der Waals surface area contributed by atoms with E-state index in [1.54, 1.807) is 17.4 Å². The molecule has 2 aromatic rings. The molecule has 0 radical (unpaired) electrons. The Kier molecular flexibility index (Phi) is 6.27. The molecule has 0 aliphatic carbocycles. The number of rotatable bonds is 7. The summed E-state index contributed by atoms with van der Waals surface area (Å²) in [5.41, 5.74) is 3.98. The molecular weight excluding hydrogens is 316 g/mol. The second-order valence-corrected chi connectivity index (χ2v) is 7.36. The number of allylic oxidation sites excluding steroid dienone is 2. The highest BCUT2D eigenvalue weighted by Gasteiger charge is 2.18. The van der Waals surface area contributed by atoms with Crippen molar-refractivity contribution in [1.29, 1.82) is 0 Å². The maximum atomic E-state index is 12.6. The molecule has 2 nitrogen and oxygen atoms in total. The van der Waals surface area contributed by atoms with E-state index in [9.17, 15) is 9.59 Å². The lowest BCUT2D eigenvalue weighted by Crippen LogP contribution is -2.08. The van der Waals surface area contributed by atoms with Gasteiger partial charge in [-0.05, 0) is 55.3 Å². The first kappa shape index (κ1) is 18.3. The highest BCUT2D eigenvalue weighted by molar-refractivity contribution is 7.10. The fraction of sp³-hybridized carbons (Fsp3) is 0.333. The largest absolute Gasteiger partial charge is 0.303 e. The van der Waals surface area contributed by atoms with Crippen LogP contribution in [-0.2, 0) is 4.79 Å². The first-order valence-corrected chi connectivity index (χ1v) is 9.09. The van der Waals surface area contributed by atoms with Gasteiger partial charge in [-0.15, -0.1) is 11.3 Å². The number of thiophene rings is 1. The summed E-state index contributed by atoms with van der Waals surface area (Å²) in [7, 11) is 0. The van der Waals surface area contributed by atoms with Crippen LogP contribution in [0.2, 0.25) is 0 Å². The van der Waals surface area contributed by atoms with Gasteiger partial charge in [-0.25, -0.2) is 0 Å². The Morgan fingerprint density at radius 2 is 1.88 bits per heavy atom. The maximum Gasteiger partial charge on any atom is 0.186 e. The Labute approximate surface area is 148 Å². The molecule has 1 aromatic carbocycles. The molecule has 2 rings (SSSR count). The van der Waals surface area contributed by atoms with Gasteiger partial charge in [-0.1, -0.05) is 36.8 Å². The molecule has 126 valence electrons. The number of hydrogen-bond donors (Lipinski definition) is 0. The molecule has 0 amide bonds. The van der Waals surface area contributed by atoms with Gasteiger partial charge in [-0.2, -0.15) is 0 Å². The van der Waals surface area contributed by atoms with Gasteiger partial charge in [0, 0.05) is 22.8 Å². The monoisotopic (exact) mass is 340 g/mol.